The van der Waals surface area contributed by atoms with Crippen LogP contribution in [0.2, 0.25) is 0 Å². The lowest BCUT2D eigenvalue weighted by molar-refractivity contribution is 0.287. The van der Waals surface area contributed by atoms with E-state index in [9.17, 15) is 8.78 Å². The van der Waals surface area contributed by atoms with Crippen molar-refractivity contribution in [1.82, 2.24) is 4.90 Å². The SMILES string of the molecule is Fc1cc(F)cc(/C=C/C2=CCN(Cc3ccccc3)CC2)c1. The molecule has 0 bridgehead atoms. The molecule has 0 amide bonds. The first-order chi connectivity index (χ1) is 11.2. The standard InChI is InChI=1S/C20H19F2N/c21-19-12-18(13-20(22)14-19)7-6-16-8-10-23(11-9-16)15-17-4-2-1-3-5-17/h1-8,12-14H,9-11,15H2/b7-6+. The van der Waals surface area contributed by atoms with Crippen LogP contribution in [0.5, 0.6) is 0 Å². The second kappa shape index (κ2) is 7.34. The van der Waals surface area contributed by atoms with Gasteiger partial charge >= 0.3 is 0 Å². The molecule has 1 aliphatic rings. The highest BCUT2D eigenvalue weighted by molar-refractivity contribution is 5.53. The summed E-state index contributed by atoms with van der Waals surface area (Å²) < 4.78 is 26.3. The first kappa shape index (κ1) is 15.6. The molecule has 0 saturated heterocycles. The number of benzene rings is 2. The minimum Gasteiger partial charge on any atom is -0.295 e. The van der Waals surface area contributed by atoms with Crippen LogP contribution in [-0.4, -0.2) is 18.0 Å². The van der Waals surface area contributed by atoms with Crippen molar-refractivity contribution in [2.75, 3.05) is 13.1 Å². The Bertz CT molecular complexity index is 699. The zero-order chi connectivity index (χ0) is 16.1. The third-order valence-electron chi connectivity index (χ3n) is 3.95. The highest BCUT2D eigenvalue weighted by atomic mass is 19.1. The fourth-order valence-corrected chi connectivity index (χ4v) is 2.74. The van der Waals surface area contributed by atoms with Gasteiger partial charge in [-0.2, -0.15) is 0 Å². The molecule has 0 radical (unpaired) electrons. The normalized spacial score (nSPS) is 15.8. The molecule has 23 heavy (non-hydrogen) atoms. The van der Waals surface area contributed by atoms with Crippen LogP contribution >= 0.6 is 0 Å². The zero-order valence-electron chi connectivity index (χ0n) is 12.9. The van der Waals surface area contributed by atoms with Gasteiger partial charge in [-0.15, -0.1) is 0 Å². The van der Waals surface area contributed by atoms with Crippen LogP contribution in [0.3, 0.4) is 0 Å². The highest BCUT2D eigenvalue weighted by Gasteiger charge is 2.10. The van der Waals surface area contributed by atoms with E-state index in [1.165, 1.54) is 23.3 Å². The summed E-state index contributed by atoms with van der Waals surface area (Å²) in [6.07, 6.45) is 6.85. The van der Waals surface area contributed by atoms with Crippen molar-refractivity contribution in [2.24, 2.45) is 0 Å². The summed E-state index contributed by atoms with van der Waals surface area (Å²) in [7, 11) is 0. The lowest BCUT2D eigenvalue weighted by atomic mass is 10.1. The molecule has 118 valence electrons. The fraction of sp³-hybridized carbons (Fsp3) is 0.200. The van der Waals surface area contributed by atoms with E-state index in [1.54, 1.807) is 6.08 Å². The van der Waals surface area contributed by atoms with Crippen molar-refractivity contribution in [3.63, 3.8) is 0 Å². The molecule has 0 aromatic heterocycles. The Balaban J connectivity index is 1.59. The predicted octanol–water partition coefficient (Wildman–Crippen LogP) is 4.81. The van der Waals surface area contributed by atoms with Gasteiger partial charge in [-0.25, -0.2) is 8.78 Å². The van der Waals surface area contributed by atoms with Gasteiger partial charge in [-0.05, 0) is 35.3 Å². The maximum Gasteiger partial charge on any atom is 0.126 e. The summed E-state index contributed by atoms with van der Waals surface area (Å²) in [5, 5.41) is 0. The van der Waals surface area contributed by atoms with Crippen LogP contribution in [0.25, 0.3) is 6.08 Å². The fourth-order valence-electron chi connectivity index (χ4n) is 2.74. The second-order valence-corrected chi connectivity index (χ2v) is 5.79. The van der Waals surface area contributed by atoms with E-state index >= 15 is 0 Å². The Morgan fingerprint density at radius 3 is 2.35 bits per heavy atom. The number of hydrogen-bond acceptors (Lipinski definition) is 1. The number of allylic oxidation sites excluding steroid dienone is 1. The largest absolute Gasteiger partial charge is 0.295 e. The summed E-state index contributed by atoms with van der Waals surface area (Å²) in [5.74, 6) is -1.09. The molecule has 1 nitrogen and oxygen atoms in total. The molecule has 0 atom stereocenters. The summed E-state index contributed by atoms with van der Waals surface area (Å²) in [5.41, 5.74) is 3.07. The monoisotopic (exact) mass is 311 g/mol. The van der Waals surface area contributed by atoms with Gasteiger partial charge < -0.3 is 0 Å². The van der Waals surface area contributed by atoms with E-state index in [0.717, 1.165) is 32.1 Å². The average Bonchev–Trinajstić information content (AvgIpc) is 2.54. The van der Waals surface area contributed by atoms with Gasteiger partial charge in [0.2, 0.25) is 0 Å². The first-order valence-corrected chi connectivity index (χ1v) is 7.78. The molecule has 2 aromatic carbocycles. The zero-order valence-corrected chi connectivity index (χ0v) is 12.9. The predicted molar refractivity (Wildman–Crippen MR) is 89.8 cm³/mol. The molecule has 3 heteroatoms. The number of halogens is 2. The van der Waals surface area contributed by atoms with E-state index in [4.69, 9.17) is 0 Å². The van der Waals surface area contributed by atoms with E-state index in [0.29, 0.717) is 5.56 Å². The van der Waals surface area contributed by atoms with Crippen LogP contribution in [0.15, 0.2) is 66.3 Å². The number of nitrogens with zero attached hydrogens (tertiary/aromatic N) is 1. The smallest absolute Gasteiger partial charge is 0.126 e. The quantitative estimate of drug-likeness (QED) is 0.783. The molecule has 0 fully saturated rings. The van der Waals surface area contributed by atoms with Crippen LogP contribution < -0.4 is 0 Å². The second-order valence-electron chi connectivity index (χ2n) is 5.79. The molecular formula is C20H19F2N. The van der Waals surface area contributed by atoms with Crippen molar-refractivity contribution < 1.29 is 8.78 Å². The van der Waals surface area contributed by atoms with Crippen LogP contribution in [0.1, 0.15) is 17.5 Å². The molecule has 1 aliphatic heterocycles. The minimum atomic E-state index is -0.545. The maximum absolute atomic E-state index is 13.2. The van der Waals surface area contributed by atoms with Crippen molar-refractivity contribution in [3.05, 3.63) is 89.0 Å². The highest BCUT2D eigenvalue weighted by Crippen LogP contribution is 2.17. The molecule has 2 aromatic rings. The van der Waals surface area contributed by atoms with Crippen LogP contribution in [0.4, 0.5) is 8.78 Å². The molecule has 0 saturated carbocycles. The van der Waals surface area contributed by atoms with E-state index in [1.807, 2.05) is 12.1 Å². The summed E-state index contributed by atoms with van der Waals surface area (Å²) in [6, 6.07) is 14.0. The van der Waals surface area contributed by atoms with Crippen LogP contribution in [0, 0.1) is 11.6 Å². The van der Waals surface area contributed by atoms with Crippen molar-refractivity contribution in [3.8, 4) is 0 Å². The lowest BCUT2D eigenvalue weighted by Gasteiger charge is -2.25. The van der Waals surface area contributed by atoms with Gasteiger partial charge in [0.25, 0.3) is 0 Å². The van der Waals surface area contributed by atoms with Crippen molar-refractivity contribution in [2.45, 2.75) is 13.0 Å². The van der Waals surface area contributed by atoms with Gasteiger partial charge in [-0.1, -0.05) is 48.6 Å². The van der Waals surface area contributed by atoms with Gasteiger partial charge in [-0.3, -0.25) is 4.90 Å². The molecule has 0 aliphatic carbocycles. The van der Waals surface area contributed by atoms with Gasteiger partial charge in [0, 0.05) is 25.7 Å². The molecule has 3 rings (SSSR count). The Morgan fingerprint density at radius 2 is 1.70 bits per heavy atom. The summed E-state index contributed by atoms with van der Waals surface area (Å²) in [6.45, 7) is 2.83. The number of hydrogen-bond donors (Lipinski definition) is 0. The van der Waals surface area contributed by atoms with E-state index in [-0.39, 0.29) is 0 Å². The maximum atomic E-state index is 13.2. The number of rotatable bonds is 4. The Kier molecular flexibility index (Phi) is 4.99. The molecule has 1 heterocycles. The van der Waals surface area contributed by atoms with E-state index < -0.39 is 11.6 Å². The molecular weight excluding hydrogens is 292 g/mol. The van der Waals surface area contributed by atoms with Crippen molar-refractivity contribution >= 4 is 6.08 Å². The summed E-state index contributed by atoms with van der Waals surface area (Å²) in [4.78, 5) is 2.38. The lowest BCUT2D eigenvalue weighted by Crippen LogP contribution is -2.27. The van der Waals surface area contributed by atoms with Crippen LogP contribution in [-0.2, 0) is 6.54 Å². The third-order valence-corrected chi connectivity index (χ3v) is 3.95. The summed E-state index contributed by atoms with van der Waals surface area (Å²) >= 11 is 0. The first-order valence-electron chi connectivity index (χ1n) is 7.78. The topological polar surface area (TPSA) is 3.24 Å². The Labute approximate surface area is 135 Å². The van der Waals surface area contributed by atoms with Gasteiger partial charge in [0.15, 0.2) is 0 Å². The Morgan fingerprint density at radius 1 is 0.957 bits per heavy atom. The third kappa shape index (κ3) is 4.60. The van der Waals surface area contributed by atoms with E-state index in [2.05, 4.69) is 35.2 Å². The van der Waals surface area contributed by atoms with Gasteiger partial charge in [0.1, 0.15) is 11.6 Å². The minimum absolute atomic E-state index is 0.545. The molecule has 0 unspecified atom stereocenters. The molecule has 0 N–H and O–H groups in total. The average molecular weight is 311 g/mol. The Hall–Kier alpha value is -2.26. The molecule has 0 spiro atoms. The van der Waals surface area contributed by atoms with Gasteiger partial charge in [0.05, 0.1) is 0 Å². The van der Waals surface area contributed by atoms with Crippen molar-refractivity contribution in [1.29, 1.82) is 0 Å².